The monoisotopic (exact) mass is 389 g/mol. The van der Waals surface area contributed by atoms with Crippen molar-refractivity contribution >= 4 is 36.4 Å². The van der Waals surface area contributed by atoms with E-state index in [1.54, 1.807) is 0 Å². The Bertz CT molecular complexity index is 481. The SMILES string of the molecule is CC(CC(=O)NCC(C)N(C)c1ccccc1)C1CCNCC1.Cl.Cl. The molecule has 1 saturated heterocycles. The Balaban J connectivity index is 0.00000288. The van der Waals surface area contributed by atoms with Crippen LogP contribution in [-0.4, -0.2) is 38.6 Å². The zero-order valence-electron chi connectivity index (χ0n) is 15.5. The number of carbonyl (C=O) groups excluding carboxylic acids is 1. The summed E-state index contributed by atoms with van der Waals surface area (Å²) in [4.78, 5) is 14.4. The molecule has 4 nitrogen and oxygen atoms in total. The molecule has 1 heterocycles. The second kappa shape index (κ2) is 12.4. The number of carbonyl (C=O) groups is 1. The Morgan fingerprint density at radius 3 is 2.40 bits per heavy atom. The number of anilines is 1. The molecule has 1 aliphatic heterocycles. The van der Waals surface area contributed by atoms with E-state index in [9.17, 15) is 4.79 Å². The van der Waals surface area contributed by atoms with Crippen LogP contribution in [0.1, 0.15) is 33.1 Å². The predicted octanol–water partition coefficient (Wildman–Crippen LogP) is 3.50. The summed E-state index contributed by atoms with van der Waals surface area (Å²) >= 11 is 0. The van der Waals surface area contributed by atoms with E-state index < -0.39 is 0 Å². The molecule has 1 aromatic rings. The fourth-order valence-electron chi connectivity index (χ4n) is 3.26. The van der Waals surface area contributed by atoms with Crippen molar-refractivity contribution in [3.8, 4) is 0 Å². The van der Waals surface area contributed by atoms with Crippen molar-refractivity contribution < 1.29 is 4.79 Å². The molecule has 0 aliphatic carbocycles. The number of para-hydroxylation sites is 1. The summed E-state index contributed by atoms with van der Waals surface area (Å²) < 4.78 is 0. The molecule has 6 heteroatoms. The Morgan fingerprint density at radius 1 is 1.20 bits per heavy atom. The van der Waals surface area contributed by atoms with Gasteiger partial charge in [0.2, 0.25) is 5.91 Å². The van der Waals surface area contributed by atoms with Crippen LogP contribution < -0.4 is 15.5 Å². The third-order valence-electron chi connectivity index (χ3n) is 5.12. The lowest BCUT2D eigenvalue weighted by Gasteiger charge is -2.29. The van der Waals surface area contributed by atoms with Gasteiger partial charge in [0.1, 0.15) is 0 Å². The van der Waals surface area contributed by atoms with E-state index in [1.165, 1.54) is 18.5 Å². The van der Waals surface area contributed by atoms with Crippen molar-refractivity contribution in [2.75, 3.05) is 31.6 Å². The second-order valence-corrected chi connectivity index (χ2v) is 6.87. The largest absolute Gasteiger partial charge is 0.370 e. The average Bonchev–Trinajstić information content (AvgIpc) is 2.60. The zero-order valence-corrected chi connectivity index (χ0v) is 17.2. The molecule has 0 bridgehead atoms. The van der Waals surface area contributed by atoms with Crippen molar-refractivity contribution in [1.29, 1.82) is 0 Å². The minimum absolute atomic E-state index is 0. The van der Waals surface area contributed by atoms with Crippen LogP contribution in [-0.2, 0) is 4.79 Å². The third-order valence-corrected chi connectivity index (χ3v) is 5.12. The summed E-state index contributed by atoms with van der Waals surface area (Å²) in [6.07, 6.45) is 3.04. The lowest BCUT2D eigenvalue weighted by molar-refractivity contribution is -0.122. The molecule has 1 fully saturated rings. The Hall–Kier alpha value is -0.970. The van der Waals surface area contributed by atoms with E-state index in [0.29, 0.717) is 24.8 Å². The van der Waals surface area contributed by atoms with Gasteiger partial charge in [0.25, 0.3) is 0 Å². The summed E-state index contributed by atoms with van der Waals surface area (Å²) in [7, 11) is 2.07. The molecule has 25 heavy (non-hydrogen) atoms. The Morgan fingerprint density at radius 2 is 1.80 bits per heavy atom. The number of likely N-dealkylation sites (N-methyl/N-ethyl adjacent to an activating group) is 1. The number of nitrogens with one attached hydrogen (secondary N) is 2. The number of rotatable bonds is 7. The van der Waals surface area contributed by atoms with Gasteiger partial charge >= 0.3 is 0 Å². The molecule has 1 aromatic carbocycles. The van der Waals surface area contributed by atoms with Gasteiger partial charge < -0.3 is 15.5 Å². The Kier molecular flexibility index (Phi) is 11.9. The van der Waals surface area contributed by atoms with Gasteiger partial charge in [-0.15, -0.1) is 24.8 Å². The highest BCUT2D eigenvalue weighted by Gasteiger charge is 2.22. The highest BCUT2D eigenvalue weighted by molar-refractivity contribution is 5.85. The van der Waals surface area contributed by atoms with Crippen LogP contribution in [0.15, 0.2) is 30.3 Å². The second-order valence-electron chi connectivity index (χ2n) is 6.87. The predicted molar refractivity (Wildman–Crippen MR) is 111 cm³/mol. The average molecular weight is 390 g/mol. The highest BCUT2D eigenvalue weighted by Crippen LogP contribution is 2.24. The van der Waals surface area contributed by atoms with Crippen molar-refractivity contribution in [2.45, 2.75) is 39.2 Å². The van der Waals surface area contributed by atoms with Crippen LogP contribution in [0.25, 0.3) is 0 Å². The standard InChI is InChI=1S/C19H31N3O.2ClH/c1-15(17-9-11-20-12-10-17)13-19(23)21-14-16(2)22(3)18-7-5-4-6-8-18;;/h4-8,15-17,20H,9-14H2,1-3H3,(H,21,23);2*1H. The molecule has 0 spiro atoms. The molecule has 2 N–H and O–H groups in total. The number of hydrogen-bond acceptors (Lipinski definition) is 3. The molecule has 144 valence electrons. The van der Waals surface area contributed by atoms with Crippen LogP contribution in [0.3, 0.4) is 0 Å². The van der Waals surface area contributed by atoms with Crippen LogP contribution in [0.5, 0.6) is 0 Å². The first-order valence-corrected chi connectivity index (χ1v) is 8.83. The van der Waals surface area contributed by atoms with Gasteiger partial charge in [-0.25, -0.2) is 0 Å². The third kappa shape index (κ3) is 7.85. The maximum absolute atomic E-state index is 12.2. The first-order valence-electron chi connectivity index (χ1n) is 8.83. The van der Waals surface area contributed by atoms with E-state index in [-0.39, 0.29) is 36.8 Å². The summed E-state index contributed by atoms with van der Waals surface area (Å²) in [5.41, 5.74) is 1.18. The lowest BCUT2D eigenvalue weighted by Crippen LogP contribution is -2.41. The fraction of sp³-hybridized carbons (Fsp3) is 0.632. The normalized spacial score (nSPS) is 16.8. The van der Waals surface area contributed by atoms with Crippen molar-refractivity contribution in [1.82, 2.24) is 10.6 Å². The van der Waals surface area contributed by atoms with Gasteiger partial charge in [-0.05, 0) is 56.8 Å². The van der Waals surface area contributed by atoms with Gasteiger partial charge in [-0.3, -0.25) is 4.79 Å². The molecule has 1 amide bonds. The maximum Gasteiger partial charge on any atom is 0.220 e. The van der Waals surface area contributed by atoms with Crippen LogP contribution in [0, 0.1) is 11.8 Å². The van der Waals surface area contributed by atoms with Crippen molar-refractivity contribution in [3.05, 3.63) is 30.3 Å². The molecular formula is C19H33Cl2N3O. The first-order chi connectivity index (χ1) is 11.1. The summed E-state index contributed by atoms with van der Waals surface area (Å²) in [5, 5.41) is 6.49. The zero-order chi connectivity index (χ0) is 16.7. The number of nitrogens with zero attached hydrogens (tertiary/aromatic N) is 1. The molecule has 0 aromatic heterocycles. The van der Waals surface area contributed by atoms with E-state index >= 15 is 0 Å². The Labute approximate surface area is 164 Å². The number of benzene rings is 1. The summed E-state index contributed by atoms with van der Waals surface area (Å²) in [6.45, 7) is 7.23. The van der Waals surface area contributed by atoms with Crippen molar-refractivity contribution in [2.24, 2.45) is 11.8 Å². The quantitative estimate of drug-likeness (QED) is 0.749. The summed E-state index contributed by atoms with van der Waals surface area (Å²) in [5.74, 6) is 1.34. The molecular weight excluding hydrogens is 357 g/mol. The van der Waals surface area contributed by atoms with Crippen LogP contribution in [0.4, 0.5) is 5.69 Å². The van der Waals surface area contributed by atoms with Crippen LogP contribution >= 0.6 is 24.8 Å². The first kappa shape index (κ1) is 24.0. The lowest BCUT2D eigenvalue weighted by atomic mass is 9.84. The van der Waals surface area contributed by atoms with Crippen LogP contribution in [0.2, 0.25) is 0 Å². The van der Waals surface area contributed by atoms with E-state index in [4.69, 9.17) is 0 Å². The van der Waals surface area contributed by atoms with Gasteiger partial charge in [-0.1, -0.05) is 25.1 Å². The maximum atomic E-state index is 12.2. The number of amides is 1. The van der Waals surface area contributed by atoms with Gasteiger partial charge in [0, 0.05) is 31.7 Å². The van der Waals surface area contributed by atoms with E-state index in [0.717, 1.165) is 13.1 Å². The van der Waals surface area contributed by atoms with E-state index in [2.05, 4.69) is 48.6 Å². The van der Waals surface area contributed by atoms with Gasteiger partial charge in [-0.2, -0.15) is 0 Å². The summed E-state index contributed by atoms with van der Waals surface area (Å²) in [6, 6.07) is 10.6. The molecule has 0 saturated carbocycles. The molecule has 2 atom stereocenters. The fourth-order valence-corrected chi connectivity index (χ4v) is 3.26. The smallest absolute Gasteiger partial charge is 0.220 e. The topological polar surface area (TPSA) is 44.4 Å². The number of piperidine rings is 1. The molecule has 0 radical (unpaired) electrons. The minimum atomic E-state index is 0. The number of hydrogen-bond donors (Lipinski definition) is 2. The van der Waals surface area contributed by atoms with Gasteiger partial charge in [0.15, 0.2) is 0 Å². The van der Waals surface area contributed by atoms with E-state index in [1.807, 2.05) is 18.2 Å². The highest BCUT2D eigenvalue weighted by atomic mass is 35.5. The number of halogens is 2. The van der Waals surface area contributed by atoms with Crippen molar-refractivity contribution in [3.63, 3.8) is 0 Å². The minimum Gasteiger partial charge on any atom is -0.370 e. The molecule has 2 rings (SSSR count). The molecule has 1 aliphatic rings. The van der Waals surface area contributed by atoms with Gasteiger partial charge in [0.05, 0.1) is 0 Å². The molecule has 2 unspecified atom stereocenters.